The monoisotopic (exact) mass is 381 g/mol. The Kier molecular flexibility index (Phi) is 5.35. The summed E-state index contributed by atoms with van der Waals surface area (Å²) in [5.41, 5.74) is 1.66. The largest absolute Gasteiger partial charge is 0.493 e. The molecule has 0 aliphatic rings. The molecule has 7 heteroatoms. The molecule has 3 rings (SSSR count). The van der Waals surface area contributed by atoms with Crippen LogP contribution in [0.15, 0.2) is 36.8 Å². The SMILES string of the molecule is COc1cccc(C=Cc2nc3ccncn3c2C(=O)O)c1OCC(C)(C)C. The van der Waals surface area contributed by atoms with E-state index >= 15 is 0 Å². The van der Waals surface area contributed by atoms with E-state index in [4.69, 9.17) is 9.47 Å². The molecule has 7 nitrogen and oxygen atoms in total. The van der Waals surface area contributed by atoms with Crippen molar-refractivity contribution < 1.29 is 19.4 Å². The summed E-state index contributed by atoms with van der Waals surface area (Å²) in [4.78, 5) is 20.1. The van der Waals surface area contributed by atoms with E-state index in [9.17, 15) is 9.90 Å². The molecule has 0 saturated heterocycles. The van der Waals surface area contributed by atoms with Crippen molar-refractivity contribution in [3.8, 4) is 11.5 Å². The Bertz CT molecular complexity index is 1030. The third-order valence-corrected chi connectivity index (χ3v) is 3.96. The number of carbonyl (C=O) groups is 1. The number of rotatable bonds is 6. The van der Waals surface area contributed by atoms with Crippen LogP contribution in [0.2, 0.25) is 0 Å². The number of ether oxygens (including phenoxy) is 2. The number of carboxylic acids is 1. The fourth-order valence-corrected chi connectivity index (χ4v) is 2.68. The van der Waals surface area contributed by atoms with Crippen LogP contribution in [0.5, 0.6) is 11.5 Å². The second kappa shape index (κ2) is 7.72. The third-order valence-electron chi connectivity index (χ3n) is 3.96. The number of para-hydroxylation sites is 1. The molecule has 0 atom stereocenters. The van der Waals surface area contributed by atoms with Gasteiger partial charge in [0, 0.05) is 11.8 Å². The van der Waals surface area contributed by atoms with Crippen molar-refractivity contribution in [3.63, 3.8) is 0 Å². The molecule has 1 N–H and O–H groups in total. The van der Waals surface area contributed by atoms with Gasteiger partial charge in [0.05, 0.1) is 19.4 Å². The lowest BCUT2D eigenvalue weighted by molar-refractivity contribution is 0.0689. The molecule has 0 unspecified atom stereocenters. The smallest absolute Gasteiger partial charge is 0.355 e. The average molecular weight is 381 g/mol. The highest BCUT2D eigenvalue weighted by atomic mass is 16.5. The van der Waals surface area contributed by atoms with Gasteiger partial charge in [0.1, 0.15) is 12.0 Å². The fourth-order valence-electron chi connectivity index (χ4n) is 2.68. The van der Waals surface area contributed by atoms with E-state index in [0.29, 0.717) is 29.4 Å². The van der Waals surface area contributed by atoms with Gasteiger partial charge in [-0.25, -0.2) is 14.8 Å². The quantitative estimate of drug-likeness (QED) is 0.694. The Morgan fingerprint density at radius 2 is 2.04 bits per heavy atom. The molecular weight excluding hydrogens is 358 g/mol. The number of aromatic carboxylic acids is 1. The van der Waals surface area contributed by atoms with E-state index in [1.54, 1.807) is 31.5 Å². The summed E-state index contributed by atoms with van der Waals surface area (Å²) < 4.78 is 12.9. The van der Waals surface area contributed by atoms with Crippen LogP contribution in [0.1, 0.15) is 42.5 Å². The second-order valence-corrected chi connectivity index (χ2v) is 7.52. The number of imidazole rings is 1. The summed E-state index contributed by atoms with van der Waals surface area (Å²) >= 11 is 0. The zero-order valence-electron chi connectivity index (χ0n) is 16.3. The van der Waals surface area contributed by atoms with E-state index in [-0.39, 0.29) is 11.1 Å². The van der Waals surface area contributed by atoms with Crippen LogP contribution in [0.4, 0.5) is 0 Å². The Hall–Kier alpha value is -3.35. The number of nitrogens with zero attached hydrogens (tertiary/aromatic N) is 3. The predicted molar refractivity (Wildman–Crippen MR) is 107 cm³/mol. The van der Waals surface area contributed by atoms with Gasteiger partial charge in [-0.05, 0) is 29.7 Å². The molecule has 0 aliphatic heterocycles. The molecular formula is C21H23N3O4. The first-order chi connectivity index (χ1) is 13.3. The van der Waals surface area contributed by atoms with Crippen molar-refractivity contribution in [1.29, 1.82) is 0 Å². The van der Waals surface area contributed by atoms with Crippen LogP contribution in [-0.2, 0) is 0 Å². The van der Waals surface area contributed by atoms with Crippen LogP contribution in [0, 0.1) is 5.41 Å². The highest BCUT2D eigenvalue weighted by molar-refractivity contribution is 5.92. The molecule has 0 fully saturated rings. The topological polar surface area (TPSA) is 86.0 Å². The highest BCUT2D eigenvalue weighted by Crippen LogP contribution is 2.34. The molecule has 146 valence electrons. The summed E-state index contributed by atoms with van der Waals surface area (Å²) in [6.07, 6.45) is 6.45. The van der Waals surface area contributed by atoms with Gasteiger partial charge in [-0.3, -0.25) is 4.40 Å². The van der Waals surface area contributed by atoms with Crippen LogP contribution in [0.3, 0.4) is 0 Å². The van der Waals surface area contributed by atoms with E-state index in [1.807, 2.05) is 18.2 Å². The van der Waals surface area contributed by atoms with E-state index in [2.05, 4.69) is 30.7 Å². The second-order valence-electron chi connectivity index (χ2n) is 7.52. The molecule has 2 heterocycles. The fraction of sp³-hybridized carbons (Fsp3) is 0.286. The number of benzene rings is 1. The number of hydrogen-bond donors (Lipinski definition) is 1. The van der Waals surface area contributed by atoms with Gasteiger partial charge in [-0.2, -0.15) is 0 Å². The van der Waals surface area contributed by atoms with Crippen LogP contribution in [0.25, 0.3) is 17.8 Å². The molecule has 0 saturated carbocycles. The van der Waals surface area contributed by atoms with Crippen molar-refractivity contribution >= 4 is 23.8 Å². The molecule has 0 bridgehead atoms. The van der Waals surface area contributed by atoms with Gasteiger partial charge in [-0.15, -0.1) is 0 Å². The number of fused-ring (bicyclic) bond motifs is 1. The summed E-state index contributed by atoms with van der Waals surface area (Å²) in [5, 5.41) is 9.59. The minimum absolute atomic E-state index is 0.0209. The lowest BCUT2D eigenvalue weighted by Gasteiger charge is -2.21. The molecule has 0 aliphatic carbocycles. The average Bonchev–Trinajstić information content (AvgIpc) is 3.02. The van der Waals surface area contributed by atoms with Gasteiger partial charge < -0.3 is 14.6 Å². The number of methoxy groups -OCH3 is 1. The van der Waals surface area contributed by atoms with Crippen LogP contribution in [-0.4, -0.2) is 39.2 Å². The van der Waals surface area contributed by atoms with Gasteiger partial charge >= 0.3 is 5.97 Å². The number of hydrogen-bond acceptors (Lipinski definition) is 5. The highest BCUT2D eigenvalue weighted by Gasteiger charge is 2.18. The van der Waals surface area contributed by atoms with Gasteiger partial charge in [0.15, 0.2) is 17.2 Å². The first-order valence-corrected chi connectivity index (χ1v) is 8.83. The molecule has 1 aromatic carbocycles. The molecule has 0 spiro atoms. The Morgan fingerprint density at radius 3 is 2.71 bits per heavy atom. The lowest BCUT2D eigenvalue weighted by Crippen LogP contribution is -2.17. The first-order valence-electron chi connectivity index (χ1n) is 8.83. The summed E-state index contributed by atoms with van der Waals surface area (Å²) in [5.74, 6) is 0.150. The Labute approximate surface area is 163 Å². The summed E-state index contributed by atoms with van der Waals surface area (Å²) in [6.45, 7) is 6.76. The number of aromatic nitrogens is 3. The molecule has 0 radical (unpaired) electrons. The Balaban J connectivity index is 2.02. The van der Waals surface area contributed by atoms with Crippen molar-refractivity contribution in [1.82, 2.24) is 14.4 Å². The predicted octanol–water partition coefficient (Wildman–Crippen LogP) is 4.03. The molecule has 3 aromatic rings. The van der Waals surface area contributed by atoms with Crippen molar-refractivity contribution in [2.24, 2.45) is 5.41 Å². The minimum Gasteiger partial charge on any atom is -0.493 e. The lowest BCUT2D eigenvalue weighted by atomic mass is 9.98. The zero-order chi connectivity index (χ0) is 20.3. The van der Waals surface area contributed by atoms with Gasteiger partial charge in [0.2, 0.25) is 0 Å². The Morgan fingerprint density at radius 1 is 1.25 bits per heavy atom. The maximum atomic E-state index is 11.7. The maximum Gasteiger partial charge on any atom is 0.355 e. The minimum atomic E-state index is -1.07. The normalized spacial score (nSPS) is 11.9. The molecule has 0 amide bonds. The number of carboxylic acid groups (broad SMARTS) is 1. The summed E-state index contributed by atoms with van der Waals surface area (Å²) in [7, 11) is 1.59. The molecule has 2 aromatic heterocycles. The standard InChI is InChI=1S/C21H23N3O4/c1-21(2,3)12-28-19-14(6-5-7-16(19)27-4)8-9-15-18(20(25)26)24-13-22-11-10-17(24)23-15/h5-11,13H,12H2,1-4H3,(H,25,26). The van der Waals surface area contributed by atoms with E-state index in [0.717, 1.165) is 5.56 Å². The zero-order valence-corrected chi connectivity index (χ0v) is 16.3. The maximum absolute atomic E-state index is 11.7. The van der Waals surface area contributed by atoms with Crippen LogP contribution >= 0.6 is 0 Å². The van der Waals surface area contributed by atoms with E-state index < -0.39 is 5.97 Å². The van der Waals surface area contributed by atoms with Gasteiger partial charge in [-0.1, -0.05) is 32.9 Å². The van der Waals surface area contributed by atoms with Gasteiger partial charge in [0.25, 0.3) is 0 Å². The van der Waals surface area contributed by atoms with E-state index in [1.165, 1.54) is 10.7 Å². The summed E-state index contributed by atoms with van der Waals surface area (Å²) in [6, 6.07) is 7.23. The molecule has 28 heavy (non-hydrogen) atoms. The van der Waals surface area contributed by atoms with Crippen molar-refractivity contribution in [2.75, 3.05) is 13.7 Å². The third kappa shape index (κ3) is 4.14. The first kappa shape index (κ1) is 19.4. The van der Waals surface area contributed by atoms with Crippen molar-refractivity contribution in [2.45, 2.75) is 20.8 Å². The van der Waals surface area contributed by atoms with Crippen LogP contribution < -0.4 is 9.47 Å². The van der Waals surface area contributed by atoms with Crippen molar-refractivity contribution in [3.05, 3.63) is 53.7 Å².